The van der Waals surface area contributed by atoms with E-state index >= 15 is 0 Å². The van der Waals surface area contributed by atoms with Crippen LogP contribution < -0.4 is 10.2 Å². The van der Waals surface area contributed by atoms with Gasteiger partial charge in [0.1, 0.15) is 0 Å². The Bertz CT molecular complexity index is 1630. The summed E-state index contributed by atoms with van der Waals surface area (Å²) in [5.74, 6) is -0.526. The molecule has 2 amide bonds. The molecule has 1 N–H and O–H groups in total. The molecule has 1 aliphatic rings. The van der Waals surface area contributed by atoms with E-state index in [1.54, 1.807) is 30.3 Å². The Balaban J connectivity index is 1.38. The number of hydrogen-bond donors (Lipinski definition) is 1. The van der Waals surface area contributed by atoms with E-state index in [9.17, 15) is 28.1 Å². The fourth-order valence-corrected chi connectivity index (χ4v) is 6.52. The van der Waals surface area contributed by atoms with E-state index in [0.717, 1.165) is 15.9 Å². The molecular weight excluding hydrogens is 608 g/mol. The molecule has 0 spiro atoms. The molecule has 0 bridgehead atoms. The number of carbonyl (C=O) groups is 2. The molecule has 12 nitrogen and oxygen atoms in total. The lowest BCUT2D eigenvalue weighted by Gasteiger charge is -2.28. The van der Waals surface area contributed by atoms with Crippen molar-refractivity contribution in [3.8, 4) is 0 Å². The highest BCUT2D eigenvalue weighted by atomic mass is 35.5. The summed E-state index contributed by atoms with van der Waals surface area (Å²) in [6.07, 6.45) is 0.227. The summed E-state index contributed by atoms with van der Waals surface area (Å²) in [4.78, 5) is 38.1. The molecule has 0 atom stereocenters. The van der Waals surface area contributed by atoms with Crippen LogP contribution >= 0.6 is 11.6 Å². The van der Waals surface area contributed by atoms with Gasteiger partial charge in [0.15, 0.2) is 4.90 Å². The molecule has 44 heavy (non-hydrogen) atoms. The number of hydrogen-bond acceptors (Lipinski definition) is 8. The van der Waals surface area contributed by atoms with Crippen LogP contribution in [0.3, 0.4) is 0 Å². The van der Waals surface area contributed by atoms with Crippen LogP contribution in [0.5, 0.6) is 0 Å². The molecule has 0 aromatic heterocycles. The van der Waals surface area contributed by atoms with Crippen molar-refractivity contribution in [3.63, 3.8) is 0 Å². The predicted molar refractivity (Wildman–Crippen MR) is 167 cm³/mol. The van der Waals surface area contributed by atoms with Crippen LogP contribution in [-0.4, -0.2) is 79.8 Å². The maximum Gasteiger partial charge on any atom is 0.289 e. The van der Waals surface area contributed by atoms with Gasteiger partial charge in [-0.2, -0.15) is 0 Å². The molecule has 4 rings (SSSR count). The van der Waals surface area contributed by atoms with Crippen LogP contribution in [0.4, 0.5) is 11.4 Å². The Morgan fingerprint density at radius 1 is 0.955 bits per heavy atom. The van der Waals surface area contributed by atoms with Crippen molar-refractivity contribution in [3.05, 3.63) is 98.6 Å². The van der Waals surface area contributed by atoms with Crippen LogP contribution in [0.15, 0.2) is 71.6 Å². The summed E-state index contributed by atoms with van der Waals surface area (Å²) in [6, 6.07) is 18.3. The predicted octanol–water partition coefficient (Wildman–Crippen LogP) is 3.58. The Labute approximate surface area is 262 Å². The summed E-state index contributed by atoms with van der Waals surface area (Å²) in [5.41, 5.74) is 3.18. The molecular formula is C30H35ClN6O6S. The van der Waals surface area contributed by atoms with E-state index in [4.69, 9.17) is 11.6 Å². The molecule has 1 aliphatic heterocycles. The highest BCUT2D eigenvalue weighted by Crippen LogP contribution is 2.27. The number of amides is 2. The number of para-hydroxylation sites is 1. The lowest BCUT2D eigenvalue weighted by atomic mass is 10.1. The Morgan fingerprint density at radius 2 is 1.57 bits per heavy atom. The Kier molecular flexibility index (Phi) is 10.7. The number of halogens is 1. The van der Waals surface area contributed by atoms with Gasteiger partial charge in [-0.25, -0.2) is 17.7 Å². The van der Waals surface area contributed by atoms with Gasteiger partial charge in [-0.1, -0.05) is 54.1 Å². The molecule has 0 saturated heterocycles. The first kappa shape index (κ1) is 33.0. The van der Waals surface area contributed by atoms with Crippen molar-refractivity contribution in [1.82, 2.24) is 19.6 Å². The van der Waals surface area contributed by atoms with E-state index in [0.29, 0.717) is 23.8 Å². The minimum Gasteiger partial charge on any atom is -0.311 e. The maximum atomic E-state index is 13.5. The molecule has 0 fully saturated rings. The molecule has 0 unspecified atom stereocenters. The first-order valence-electron chi connectivity index (χ1n) is 14.0. The van der Waals surface area contributed by atoms with Gasteiger partial charge in [0.2, 0.25) is 15.9 Å². The SMILES string of the molecule is Cc1ccc(Cl)cc1N(CCCN(C)S(=O)(=O)c1ccccc1[N+](=O)[O-])C(=O)CNCC(=O)N(C)N1Cc2ccccc2C1. The number of rotatable bonds is 13. The second-order valence-electron chi connectivity index (χ2n) is 10.5. The number of nitrogens with one attached hydrogen (secondary N) is 1. The van der Waals surface area contributed by atoms with Crippen molar-refractivity contribution < 1.29 is 22.9 Å². The quantitative estimate of drug-likeness (QED) is 0.221. The van der Waals surface area contributed by atoms with E-state index < -0.39 is 25.5 Å². The number of aryl methyl sites for hydroxylation is 1. The van der Waals surface area contributed by atoms with Gasteiger partial charge in [-0.05, 0) is 48.2 Å². The van der Waals surface area contributed by atoms with Crippen LogP contribution in [0.2, 0.25) is 5.02 Å². The standard InChI is InChI=1S/C30H35ClN6O6S/c1-22-13-14-25(31)17-27(22)36(16-8-15-33(2)44(42,43)28-12-7-6-11-26(28)37(40)41)30(39)19-32-18-29(38)34(3)35-20-23-9-4-5-10-24(23)21-35/h4-7,9-14,17,32H,8,15-16,18-21H2,1-3H3. The zero-order chi connectivity index (χ0) is 32.0. The van der Waals surface area contributed by atoms with Gasteiger partial charge < -0.3 is 4.90 Å². The van der Waals surface area contributed by atoms with Crippen molar-refractivity contribution in [2.24, 2.45) is 0 Å². The van der Waals surface area contributed by atoms with Gasteiger partial charge >= 0.3 is 0 Å². The summed E-state index contributed by atoms with van der Waals surface area (Å²) in [5, 5.41) is 18.3. The monoisotopic (exact) mass is 642 g/mol. The number of benzene rings is 3. The van der Waals surface area contributed by atoms with Crippen LogP contribution in [-0.2, 0) is 32.7 Å². The van der Waals surface area contributed by atoms with E-state index in [1.807, 2.05) is 36.2 Å². The Hall–Kier alpha value is -3.88. The van der Waals surface area contributed by atoms with Crippen molar-refractivity contribution in [2.75, 3.05) is 45.2 Å². The number of likely N-dealkylation sites (N-methyl/N-ethyl adjacent to an activating group) is 1. The van der Waals surface area contributed by atoms with E-state index in [1.165, 1.54) is 41.3 Å². The molecule has 0 radical (unpaired) electrons. The topological polar surface area (TPSA) is 136 Å². The largest absolute Gasteiger partial charge is 0.311 e. The van der Waals surface area contributed by atoms with Crippen molar-refractivity contribution >= 4 is 44.8 Å². The molecule has 14 heteroatoms. The molecule has 234 valence electrons. The maximum absolute atomic E-state index is 13.5. The number of nitro groups is 1. The Morgan fingerprint density at radius 3 is 2.23 bits per heavy atom. The minimum atomic E-state index is -4.16. The third-order valence-electron chi connectivity index (χ3n) is 7.53. The number of hydrazine groups is 1. The summed E-state index contributed by atoms with van der Waals surface area (Å²) in [6.45, 7) is 3.01. The molecule has 0 saturated carbocycles. The van der Waals surface area contributed by atoms with Crippen LogP contribution in [0, 0.1) is 17.0 Å². The average Bonchev–Trinajstić information content (AvgIpc) is 3.44. The zero-order valence-corrected chi connectivity index (χ0v) is 26.3. The molecule has 0 aliphatic carbocycles. The molecule has 1 heterocycles. The average molecular weight is 643 g/mol. The van der Waals surface area contributed by atoms with Gasteiger partial charge in [0.05, 0.1) is 18.0 Å². The number of sulfonamides is 1. The van der Waals surface area contributed by atoms with Crippen LogP contribution in [0.1, 0.15) is 23.1 Å². The van der Waals surface area contributed by atoms with Gasteiger partial charge in [0, 0.05) is 57.1 Å². The normalized spacial score (nSPS) is 13.1. The lowest BCUT2D eigenvalue weighted by Crippen LogP contribution is -2.47. The van der Waals surface area contributed by atoms with E-state index in [2.05, 4.69) is 5.32 Å². The highest BCUT2D eigenvalue weighted by Gasteiger charge is 2.29. The van der Waals surface area contributed by atoms with E-state index in [-0.39, 0.29) is 44.4 Å². The van der Waals surface area contributed by atoms with Gasteiger partial charge in [0.25, 0.3) is 11.6 Å². The zero-order valence-electron chi connectivity index (χ0n) is 24.8. The summed E-state index contributed by atoms with van der Waals surface area (Å²) in [7, 11) is -1.12. The third kappa shape index (κ3) is 7.60. The molecule has 3 aromatic carbocycles. The third-order valence-corrected chi connectivity index (χ3v) is 9.67. The first-order chi connectivity index (χ1) is 20.9. The fourth-order valence-electron chi connectivity index (χ4n) is 4.99. The number of nitro benzene ring substituents is 1. The minimum absolute atomic E-state index is 0.00723. The molecule has 3 aromatic rings. The lowest BCUT2D eigenvalue weighted by molar-refractivity contribution is -0.387. The highest BCUT2D eigenvalue weighted by molar-refractivity contribution is 7.89. The summed E-state index contributed by atoms with van der Waals surface area (Å²) < 4.78 is 27.3. The first-order valence-corrected chi connectivity index (χ1v) is 15.8. The second-order valence-corrected chi connectivity index (χ2v) is 12.9. The fraction of sp³-hybridized carbons (Fsp3) is 0.333. The number of nitrogens with zero attached hydrogens (tertiary/aromatic N) is 5. The van der Waals surface area contributed by atoms with Crippen molar-refractivity contribution in [1.29, 1.82) is 0 Å². The number of fused-ring (bicyclic) bond motifs is 1. The number of carbonyl (C=O) groups excluding carboxylic acids is 2. The number of anilines is 1. The smallest absolute Gasteiger partial charge is 0.289 e. The van der Waals surface area contributed by atoms with Gasteiger partial charge in [-0.15, -0.1) is 0 Å². The second kappa shape index (κ2) is 14.3. The van der Waals surface area contributed by atoms with Crippen molar-refractivity contribution in [2.45, 2.75) is 31.3 Å². The van der Waals surface area contributed by atoms with Gasteiger partial charge in [-0.3, -0.25) is 30.0 Å². The summed E-state index contributed by atoms with van der Waals surface area (Å²) >= 11 is 6.24. The van der Waals surface area contributed by atoms with Crippen LogP contribution in [0.25, 0.3) is 0 Å².